The van der Waals surface area contributed by atoms with Crippen molar-refractivity contribution < 1.29 is 0 Å². The van der Waals surface area contributed by atoms with Crippen molar-refractivity contribution in [2.45, 2.75) is 58.4 Å². The van der Waals surface area contributed by atoms with Crippen LogP contribution in [0.25, 0.3) is 0 Å². The van der Waals surface area contributed by atoms with Crippen LogP contribution in [0, 0.1) is 13.8 Å². The number of aryl methyl sites for hydroxylation is 2. The first-order chi connectivity index (χ1) is 10.6. The molecule has 2 atom stereocenters. The minimum Gasteiger partial charge on any atom is -0.344 e. The van der Waals surface area contributed by atoms with Crippen LogP contribution < -0.4 is 11.9 Å². The van der Waals surface area contributed by atoms with Crippen molar-refractivity contribution in [1.82, 2.24) is 16.1 Å². The van der Waals surface area contributed by atoms with Gasteiger partial charge in [0.25, 0.3) is 0 Å². The van der Waals surface area contributed by atoms with E-state index in [0.29, 0.717) is 5.92 Å². The van der Waals surface area contributed by atoms with Crippen molar-refractivity contribution in [2.75, 3.05) is 0 Å². The third-order valence-corrected chi connectivity index (χ3v) is 4.18. The summed E-state index contributed by atoms with van der Waals surface area (Å²) in [5, 5.41) is 0. The Morgan fingerprint density at radius 3 is 2.57 bits per heavy atom. The molecule has 0 saturated carbocycles. The van der Waals surface area contributed by atoms with Gasteiger partial charge in [-0.05, 0) is 55.9 Å². The molecule has 0 amide bonds. The number of hydrogen-bond donors (Lipinski definition) is 2. The average Bonchev–Trinajstić information content (AvgIpc) is 2.51. The molecule has 23 heavy (non-hydrogen) atoms. The zero-order valence-corrected chi connectivity index (χ0v) is 14.6. The monoisotopic (exact) mass is 314 g/mol. The number of hydrogen-bond acceptors (Lipinski definition) is 4. The third kappa shape index (κ3) is 6.08. The summed E-state index contributed by atoms with van der Waals surface area (Å²) in [6.07, 6.45) is 7.95. The van der Waals surface area contributed by atoms with Gasteiger partial charge in [0, 0.05) is 36.2 Å². The van der Waals surface area contributed by atoms with Crippen molar-refractivity contribution in [2.24, 2.45) is 5.73 Å². The van der Waals surface area contributed by atoms with Gasteiger partial charge in [-0.25, -0.2) is 0 Å². The molecular formula is C19H30N4. The van der Waals surface area contributed by atoms with Gasteiger partial charge in [0.1, 0.15) is 0 Å². The van der Waals surface area contributed by atoms with E-state index in [1.54, 1.807) is 0 Å². The van der Waals surface area contributed by atoms with E-state index in [1.165, 1.54) is 16.8 Å². The lowest BCUT2D eigenvalue weighted by molar-refractivity contribution is 0.524. The molecule has 0 saturated heterocycles. The van der Waals surface area contributed by atoms with Crippen LogP contribution in [0.15, 0.2) is 36.7 Å². The fourth-order valence-electron chi connectivity index (χ4n) is 2.81. The van der Waals surface area contributed by atoms with Crippen molar-refractivity contribution in [3.05, 3.63) is 59.2 Å². The quantitative estimate of drug-likeness (QED) is 0.805. The van der Waals surface area contributed by atoms with Crippen LogP contribution in [0.5, 0.6) is 0 Å². The molecule has 0 aliphatic carbocycles. The van der Waals surface area contributed by atoms with E-state index < -0.39 is 0 Å². The fourth-order valence-corrected chi connectivity index (χ4v) is 2.81. The fraction of sp³-hybridized carbons (Fsp3) is 0.474. The topological polar surface area (TPSA) is 86.8 Å². The van der Waals surface area contributed by atoms with E-state index in [1.807, 2.05) is 18.5 Å². The van der Waals surface area contributed by atoms with E-state index in [9.17, 15) is 0 Å². The molecule has 2 heterocycles. The predicted octanol–water partition coefficient (Wildman–Crippen LogP) is 4.10. The summed E-state index contributed by atoms with van der Waals surface area (Å²) in [6, 6.07) is 8.48. The van der Waals surface area contributed by atoms with E-state index in [-0.39, 0.29) is 12.2 Å². The Morgan fingerprint density at radius 1 is 1.13 bits per heavy atom. The predicted molar refractivity (Wildman–Crippen MR) is 96.9 cm³/mol. The molecule has 0 radical (unpaired) electrons. The van der Waals surface area contributed by atoms with Gasteiger partial charge in [-0.2, -0.15) is 0 Å². The van der Waals surface area contributed by atoms with Crippen LogP contribution in [0.2, 0.25) is 0 Å². The van der Waals surface area contributed by atoms with Gasteiger partial charge in [-0.15, -0.1) is 0 Å². The van der Waals surface area contributed by atoms with Crippen LogP contribution >= 0.6 is 0 Å². The minimum atomic E-state index is 0. The summed E-state index contributed by atoms with van der Waals surface area (Å²) in [6.45, 7) is 6.42. The summed E-state index contributed by atoms with van der Waals surface area (Å²) in [5.41, 5.74) is 11.0. The average molecular weight is 314 g/mol. The highest BCUT2D eigenvalue weighted by molar-refractivity contribution is 5.23. The van der Waals surface area contributed by atoms with Gasteiger partial charge >= 0.3 is 0 Å². The summed E-state index contributed by atoms with van der Waals surface area (Å²) >= 11 is 0. The molecule has 2 aromatic rings. The second-order valence-corrected chi connectivity index (χ2v) is 6.33. The lowest BCUT2D eigenvalue weighted by Crippen LogP contribution is -2.24. The second kappa shape index (κ2) is 9.38. The van der Waals surface area contributed by atoms with Crippen LogP contribution in [0.1, 0.15) is 54.6 Å². The lowest BCUT2D eigenvalue weighted by Gasteiger charge is -2.15. The third-order valence-electron chi connectivity index (χ3n) is 4.18. The van der Waals surface area contributed by atoms with Crippen LogP contribution in [0.3, 0.4) is 0 Å². The molecule has 0 aromatic carbocycles. The molecule has 4 heteroatoms. The summed E-state index contributed by atoms with van der Waals surface area (Å²) in [4.78, 5) is 8.94. The van der Waals surface area contributed by atoms with Crippen molar-refractivity contribution in [1.29, 1.82) is 0 Å². The first kappa shape index (κ1) is 19.3. The summed E-state index contributed by atoms with van der Waals surface area (Å²) in [7, 11) is 0. The maximum Gasteiger partial charge on any atom is 0.0448 e. The largest absolute Gasteiger partial charge is 0.344 e. The van der Waals surface area contributed by atoms with Crippen molar-refractivity contribution in [3.63, 3.8) is 0 Å². The van der Waals surface area contributed by atoms with Gasteiger partial charge in [0.05, 0.1) is 0 Å². The maximum absolute atomic E-state index is 6.28. The van der Waals surface area contributed by atoms with E-state index >= 15 is 0 Å². The SMILES string of the molecule is Cc1cnc(CC(N)CCCC(C)c2ccccn2)c(C)c1.N. The molecule has 2 unspecified atom stereocenters. The summed E-state index contributed by atoms with van der Waals surface area (Å²) in [5.74, 6) is 0.493. The molecule has 0 fully saturated rings. The molecule has 2 aromatic heterocycles. The minimum absolute atomic E-state index is 0. The Morgan fingerprint density at radius 2 is 1.91 bits per heavy atom. The van der Waals surface area contributed by atoms with Gasteiger partial charge in [-0.3, -0.25) is 9.97 Å². The Balaban J connectivity index is 0.00000264. The molecule has 2 rings (SSSR count). The smallest absolute Gasteiger partial charge is 0.0448 e. The highest BCUT2D eigenvalue weighted by Gasteiger charge is 2.10. The molecule has 0 aliphatic heterocycles. The maximum atomic E-state index is 6.28. The zero-order chi connectivity index (χ0) is 15.9. The first-order valence-corrected chi connectivity index (χ1v) is 8.15. The molecule has 0 aliphatic rings. The van der Waals surface area contributed by atoms with Crippen LogP contribution in [-0.2, 0) is 6.42 Å². The van der Waals surface area contributed by atoms with Gasteiger partial charge in [0.15, 0.2) is 0 Å². The lowest BCUT2D eigenvalue weighted by atomic mass is 9.96. The van der Waals surface area contributed by atoms with Crippen LogP contribution in [0.4, 0.5) is 0 Å². The van der Waals surface area contributed by atoms with Gasteiger partial charge in [0.2, 0.25) is 0 Å². The highest BCUT2D eigenvalue weighted by Crippen LogP contribution is 2.20. The summed E-state index contributed by atoms with van der Waals surface area (Å²) < 4.78 is 0. The number of pyridine rings is 2. The zero-order valence-electron chi connectivity index (χ0n) is 14.6. The van der Waals surface area contributed by atoms with E-state index in [0.717, 1.165) is 31.4 Å². The van der Waals surface area contributed by atoms with Gasteiger partial charge in [-0.1, -0.05) is 25.5 Å². The number of nitrogens with two attached hydrogens (primary N) is 1. The molecule has 4 nitrogen and oxygen atoms in total. The van der Waals surface area contributed by atoms with Gasteiger partial charge < -0.3 is 11.9 Å². The molecule has 126 valence electrons. The second-order valence-electron chi connectivity index (χ2n) is 6.33. The molecule has 0 spiro atoms. The standard InChI is InChI=1S/C19H27N3.H3N/c1-14-11-16(3)19(22-13-14)12-17(20)8-6-7-15(2)18-9-4-5-10-21-18;/h4-5,9-11,13,15,17H,6-8,12,20H2,1-3H3;1H3. The Labute approximate surface area is 140 Å². The van der Waals surface area contributed by atoms with Crippen LogP contribution in [-0.4, -0.2) is 16.0 Å². The normalized spacial score (nSPS) is 13.2. The van der Waals surface area contributed by atoms with Crippen molar-refractivity contribution >= 4 is 0 Å². The number of aromatic nitrogens is 2. The Kier molecular flexibility index (Phi) is 7.86. The molecule has 5 N–H and O–H groups in total. The highest BCUT2D eigenvalue weighted by atomic mass is 14.7. The van der Waals surface area contributed by atoms with E-state index in [2.05, 4.69) is 48.9 Å². The molecule has 0 bridgehead atoms. The molecular weight excluding hydrogens is 284 g/mol. The van der Waals surface area contributed by atoms with E-state index in [4.69, 9.17) is 5.73 Å². The number of rotatable bonds is 7. The Bertz CT molecular complexity index is 583. The Hall–Kier alpha value is -1.78. The van der Waals surface area contributed by atoms with Crippen molar-refractivity contribution in [3.8, 4) is 0 Å². The first-order valence-electron chi connectivity index (χ1n) is 8.15. The number of nitrogens with zero attached hydrogens (tertiary/aromatic N) is 2.